The molecule has 0 aliphatic rings. The van der Waals surface area contributed by atoms with Gasteiger partial charge in [0, 0.05) is 4.47 Å². The first-order valence-corrected chi connectivity index (χ1v) is 8.89. The molecule has 22 heavy (non-hydrogen) atoms. The monoisotopic (exact) mass is 381 g/mol. The molecule has 0 amide bonds. The van der Waals surface area contributed by atoms with Gasteiger partial charge in [0.05, 0.1) is 17.1 Å². The third-order valence-corrected chi connectivity index (χ3v) is 6.01. The van der Waals surface area contributed by atoms with Crippen molar-refractivity contribution >= 4 is 37.9 Å². The summed E-state index contributed by atoms with van der Waals surface area (Å²) < 4.78 is 27.6. The standard InChI is InChI=1S/C16H16BrNO3S/c1-12-6-8-14(9-7-12)22(20,21)18(10-11-19)16-5-3-4-15(17)13(16)2/h3-9,11H,10H2,1-2H3. The van der Waals surface area contributed by atoms with Gasteiger partial charge < -0.3 is 4.79 Å². The van der Waals surface area contributed by atoms with E-state index in [0.29, 0.717) is 12.0 Å². The maximum atomic E-state index is 12.8. The number of halogens is 1. The molecule has 6 heteroatoms. The third kappa shape index (κ3) is 3.23. The Morgan fingerprint density at radius 1 is 1.09 bits per heavy atom. The number of carbonyl (C=O) groups is 1. The number of hydrogen-bond donors (Lipinski definition) is 0. The van der Waals surface area contributed by atoms with E-state index in [0.717, 1.165) is 19.9 Å². The van der Waals surface area contributed by atoms with E-state index >= 15 is 0 Å². The molecule has 2 aromatic rings. The second-order valence-corrected chi connectivity index (χ2v) is 7.62. The summed E-state index contributed by atoms with van der Waals surface area (Å²) in [5, 5.41) is 0. The molecule has 0 unspecified atom stereocenters. The van der Waals surface area contributed by atoms with Gasteiger partial charge in [0.2, 0.25) is 0 Å². The summed E-state index contributed by atoms with van der Waals surface area (Å²) in [6.07, 6.45) is 0.589. The summed E-state index contributed by atoms with van der Waals surface area (Å²) in [5.41, 5.74) is 2.22. The van der Waals surface area contributed by atoms with Gasteiger partial charge in [-0.3, -0.25) is 4.31 Å². The Kier molecular flexibility index (Phi) is 5.03. The topological polar surface area (TPSA) is 54.5 Å². The Morgan fingerprint density at radius 2 is 1.73 bits per heavy atom. The maximum absolute atomic E-state index is 12.8. The van der Waals surface area contributed by atoms with Gasteiger partial charge in [-0.2, -0.15) is 0 Å². The van der Waals surface area contributed by atoms with E-state index in [4.69, 9.17) is 0 Å². The lowest BCUT2D eigenvalue weighted by molar-refractivity contribution is -0.106. The molecular formula is C16H16BrNO3S. The molecule has 0 spiro atoms. The van der Waals surface area contributed by atoms with Crippen molar-refractivity contribution in [2.45, 2.75) is 18.7 Å². The minimum Gasteiger partial charge on any atom is -0.301 e. The van der Waals surface area contributed by atoms with Crippen LogP contribution in [0.3, 0.4) is 0 Å². The van der Waals surface area contributed by atoms with Gasteiger partial charge in [-0.05, 0) is 43.7 Å². The first kappa shape index (κ1) is 16.7. The predicted molar refractivity (Wildman–Crippen MR) is 90.7 cm³/mol. The molecular weight excluding hydrogens is 366 g/mol. The van der Waals surface area contributed by atoms with Crippen molar-refractivity contribution in [3.8, 4) is 0 Å². The van der Waals surface area contributed by atoms with E-state index in [-0.39, 0.29) is 11.4 Å². The van der Waals surface area contributed by atoms with E-state index in [1.54, 1.807) is 36.4 Å². The summed E-state index contributed by atoms with van der Waals surface area (Å²) in [7, 11) is -3.79. The zero-order valence-corrected chi connectivity index (χ0v) is 14.7. The van der Waals surface area contributed by atoms with Crippen LogP contribution in [-0.4, -0.2) is 21.2 Å². The van der Waals surface area contributed by atoms with Crippen molar-refractivity contribution in [2.24, 2.45) is 0 Å². The third-order valence-electron chi connectivity index (χ3n) is 3.36. The number of aryl methyl sites for hydroxylation is 1. The highest BCUT2D eigenvalue weighted by atomic mass is 79.9. The average molecular weight is 382 g/mol. The van der Waals surface area contributed by atoms with Crippen LogP contribution >= 0.6 is 15.9 Å². The zero-order valence-electron chi connectivity index (χ0n) is 12.3. The lowest BCUT2D eigenvalue weighted by Gasteiger charge is -2.24. The summed E-state index contributed by atoms with van der Waals surface area (Å²) in [6.45, 7) is 3.47. The Morgan fingerprint density at radius 3 is 2.32 bits per heavy atom. The van der Waals surface area contributed by atoms with Crippen LogP contribution in [-0.2, 0) is 14.8 Å². The molecule has 0 saturated carbocycles. The minimum atomic E-state index is -3.79. The molecule has 0 N–H and O–H groups in total. The molecule has 0 radical (unpaired) electrons. The number of aldehydes is 1. The molecule has 0 saturated heterocycles. The van der Waals surface area contributed by atoms with Gasteiger partial charge >= 0.3 is 0 Å². The molecule has 0 aromatic heterocycles. The summed E-state index contributed by atoms with van der Waals surface area (Å²) in [5.74, 6) is 0. The molecule has 0 bridgehead atoms. The molecule has 0 heterocycles. The van der Waals surface area contributed by atoms with Gasteiger partial charge in [0.15, 0.2) is 0 Å². The SMILES string of the molecule is Cc1ccc(S(=O)(=O)N(CC=O)c2cccc(Br)c2C)cc1. The van der Waals surface area contributed by atoms with Gasteiger partial charge in [0.25, 0.3) is 10.0 Å². The predicted octanol–water partition coefficient (Wildman–Crippen LogP) is 3.46. The molecule has 116 valence electrons. The van der Waals surface area contributed by atoms with Crippen LogP contribution < -0.4 is 4.31 Å². The normalized spacial score (nSPS) is 11.2. The highest BCUT2D eigenvalue weighted by Crippen LogP contribution is 2.30. The second-order valence-electron chi connectivity index (χ2n) is 4.90. The van der Waals surface area contributed by atoms with Crippen LogP contribution in [0.5, 0.6) is 0 Å². The van der Waals surface area contributed by atoms with Crippen LogP contribution in [0.25, 0.3) is 0 Å². The minimum absolute atomic E-state index is 0.166. The van der Waals surface area contributed by atoms with Crippen LogP contribution in [0.2, 0.25) is 0 Å². The van der Waals surface area contributed by atoms with Gasteiger partial charge in [0.1, 0.15) is 6.29 Å². The van der Waals surface area contributed by atoms with E-state index in [1.807, 2.05) is 19.9 Å². The highest BCUT2D eigenvalue weighted by Gasteiger charge is 2.26. The highest BCUT2D eigenvalue weighted by molar-refractivity contribution is 9.10. The fourth-order valence-corrected chi connectivity index (χ4v) is 3.90. The summed E-state index contributed by atoms with van der Waals surface area (Å²) >= 11 is 3.39. The van der Waals surface area contributed by atoms with Gasteiger partial charge in [-0.1, -0.05) is 39.7 Å². The van der Waals surface area contributed by atoms with E-state index in [9.17, 15) is 13.2 Å². The zero-order chi connectivity index (χ0) is 16.3. The summed E-state index contributed by atoms with van der Waals surface area (Å²) in [4.78, 5) is 11.2. The lowest BCUT2D eigenvalue weighted by Crippen LogP contribution is -2.33. The van der Waals surface area contributed by atoms with Crippen molar-refractivity contribution in [2.75, 3.05) is 10.8 Å². The van der Waals surface area contributed by atoms with Gasteiger partial charge in [-0.15, -0.1) is 0 Å². The molecule has 0 aliphatic heterocycles. The molecule has 0 fully saturated rings. The van der Waals surface area contributed by atoms with Crippen LogP contribution in [0.4, 0.5) is 5.69 Å². The molecule has 0 aliphatic carbocycles. The first-order chi connectivity index (χ1) is 10.4. The lowest BCUT2D eigenvalue weighted by atomic mass is 10.2. The van der Waals surface area contributed by atoms with Crippen LogP contribution in [0, 0.1) is 13.8 Å². The molecule has 0 atom stereocenters. The maximum Gasteiger partial charge on any atom is 0.264 e. The van der Waals surface area contributed by atoms with Crippen molar-refractivity contribution < 1.29 is 13.2 Å². The van der Waals surface area contributed by atoms with Gasteiger partial charge in [-0.25, -0.2) is 8.42 Å². The fourth-order valence-electron chi connectivity index (χ4n) is 2.10. The van der Waals surface area contributed by atoms with E-state index in [2.05, 4.69) is 15.9 Å². The van der Waals surface area contributed by atoms with Crippen molar-refractivity contribution in [3.63, 3.8) is 0 Å². The van der Waals surface area contributed by atoms with Crippen molar-refractivity contribution in [1.29, 1.82) is 0 Å². The van der Waals surface area contributed by atoms with Crippen LogP contribution in [0.15, 0.2) is 51.8 Å². The largest absolute Gasteiger partial charge is 0.301 e. The Balaban J connectivity index is 2.58. The number of nitrogens with zero attached hydrogens (tertiary/aromatic N) is 1. The second kappa shape index (κ2) is 6.62. The van der Waals surface area contributed by atoms with E-state index in [1.165, 1.54) is 0 Å². The summed E-state index contributed by atoms with van der Waals surface area (Å²) in [6, 6.07) is 11.8. The van der Waals surface area contributed by atoms with E-state index < -0.39 is 10.0 Å². The smallest absolute Gasteiger partial charge is 0.264 e. The van der Waals surface area contributed by atoms with Crippen LogP contribution in [0.1, 0.15) is 11.1 Å². The number of benzene rings is 2. The Hall–Kier alpha value is -1.66. The fraction of sp³-hybridized carbons (Fsp3) is 0.188. The molecule has 2 rings (SSSR count). The molecule has 4 nitrogen and oxygen atoms in total. The quantitative estimate of drug-likeness (QED) is 0.745. The van der Waals surface area contributed by atoms with Crippen molar-refractivity contribution in [3.05, 3.63) is 58.1 Å². The Bertz CT molecular complexity index is 786. The average Bonchev–Trinajstić information content (AvgIpc) is 2.48. The molecule has 2 aromatic carbocycles. The number of rotatable bonds is 5. The Labute approximate surface area is 138 Å². The number of sulfonamides is 1. The van der Waals surface area contributed by atoms with Crippen molar-refractivity contribution in [1.82, 2.24) is 0 Å². The first-order valence-electron chi connectivity index (χ1n) is 6.66. The number of carbonyl (C=O) groups excluding carboxylic acids is 1. The number of hydrogen-bond acceptors (Lipinski definition) is 3. The number of anilines is 1.